The zero-order valence-corrected chi connectivity index (χ0v) is 15.1. The first-order valence-corrected chi connectivity index (χ1v) is 9.77. The molecular weight excluding hydrogens is 380 g/mol. The number of esters is 1. The zero-order chi connectivity index (χ0) is 19.8. The van der Waals surface area contributed by atoms with E-state index in [1.54, 1.807) is 6.07 Å². The van der Waals surface area contributed by atoms with E-state index in [-0.39, 0.29) is 5.56 Å². The summed E-state index contributed by atoms with van der Waals surface area (Å²) in [5, 5.41) is 0. The molecule has 1 aliphatic rings. The molecule has 2 aromatic carbocycles. The van der Waals surface area contributed by atoms with Crippen molar-refractivity contribution in [2.75, 3.05) is 23.7 Å². The molecule has 1 heterocycles. The number of carbonyl (C=O) groups excluding carboxylic acids is 2. The van der Waals surface area contributed by atoms with Crippen LogP contribution in [0.4, 0.5) is 14.5 Å². The molecule has 1 aliphatic heterocycles. The van der Waals surface area contributed by atoms with Gasteiger partial charge in [-0.1, -0.05) is 0 Å². The Bertz CT molecular complexity index is 1040. The van der Waals surface area contributed by atoms with Gasteiger partial charge in [0.15, 0.2) is 12.4 Å². The van der Waals surface area contributed by atoms with E-state index in [4.69, 9.17) is 4.74 Å². The molecule has 0 aromatic heterocycles. The minimum atomic E-state index is -3.39. The third-order valence-corrected chi connectivity index (χ3v) is 5.32. The summed E-state index contributed by atoms with van der Waals surface area (Å²) in [5.41, 5.74) is 0.986. The van der Waals surface area contributed by atoms with E-state index in [2.05, 4.69) is 0 Å². The van der Waals surface area contributed by atoms with Gasteiger partial charge in [0.05, 0.1) is 17.5 Å². The van der Waals surface area contributed by atoms with Crippen molar-refractivity contribution in [3.63, 3.8) is 0 Å². The van der Waals surface area contributed by atoms with Crippen molar-refractivity contribution in [1.29, 1.82) is 0 Å². The van der Waals surface area contributed by atoms with Crippen LogP contribution >= 0.6 is 0 Å². The zero-order valence-electron chi connectivity index (χ0n) is 14.2. The molecule has 0 spiro atoms. The van der Waals surface area contributed by atoms with Crippen LogP contribution in [0.15, 0.2) is 36.4 Å². The summed E-state index contributed by atoms with van der Waals surface area (Å²) in [6, 6.07) is 6.92. The molecule has 0 bridgehead atoms. The highest BCUT2D eigenvalue weighted by Gasteiger charge is 2.27. The largest absolute Gasteiger partial charge is 0.454 e. The average Bonchev–Trinajstić information content (AvgIpc) is 3.02. The van der Waals surface area contributed by atoms with E-state index in [9.17, 15) is 26.8 Å². The predicted molar refractivity (Wildman–Crippen MR) is 93.3 cm³/mol. The fraction of sp³-hybridized carbons (Fsp3) is 0.222. The Kier molecular flexibility index (Phi) is 4.97. The summed E-state index contributed by atoms with van der Waals surface area (Å²) in [4.78, 5) is 24.1. The molecule has 0 unspecified atom stereocenters. The van der Waals surface area contributed by atoms with Crippen LogP contribution in [0.5, 0.6) is 0 Å². The molecule has 142 valence electrons. The monoisotopic (exact) mass is 395 g/mol. The van der Waals surface area contributed by atoms with Crippen LogP contribution in [0.25, 0.3) is 0 Å². The average molecular weight is 395 g/mol. The van der Waals surface area contributed by atoms with Gasteiger partial charge in [-0.2, -0.15) is 0 Å². The van der Waals surface area contributed by atoms with Gasteiger partial charge in [-0.3, -0.25) is 9.10 Å². The minimum absolute atomic E-state index is 0.247. The number of hydrogen-bond acceptors (Lipinski definition) is 5. The Morgan fingerprint density at radius 1 is 1.15 bits per heavy atom. The summed E-state index contributed by atoms with van der Waals surface area (Å²) in [6.07, 6.45) is 1.57. The smallest absolute Gasteiger partial charge is 0.341 e. The van der Waals surface area contributed by atoms with E-state index in [0.29, 0.717) is 30.3 Å². The van der Waals surface area contributed by atoms with Crippen molar-refractivity contribution in [3.8, 4) is 0 Å². The summed E-state index contributed by atoms with van der Waals surface area (Å²) in [7, 11) is -3.39. The molecule has 27 heavy (non-hydrogen) atoms. The second-order valence-electron chi connectivity index (χ2n) is 6.05. The lowest BCUT2D eigenvalue weighted by atomic mass is 10.1. The third-order valence-electron chi connectivity index (χ3n) is 4.14. The predicted octanol–water partition coefficient (Wildman–Crippen LogP) is 2.33. The van der Waals surface area contributed by atoms with Crippen molar-refractivity contribution in [1.82, 2.24) is 0 Å². The van der Waals surface area contributed by atoms with Gasteiger partial charge in [0.1, 0.15) is 11.6 Å². The summed E-state index contributed by atoms with van der Waals surface area (Å²) in [6.45, 7) is -0.325. The van der Waals surface area contributed by atoms with E-state index in [0.717, 1.165) is 18.4 Å². The highest BCUT2D eigenvalue weighted by atomic mass is 32.2. The molecule has 0 amide bonds. The minimum Gasteiger partial charge on any atom is -0.454 e. The van der Waals surface area contributed by atoms with E-state index < -0.39 is 45.6 Å². The Morgan fingerprint density at radius 3 is 2.56 bits per heavy atom. The van der Waals surface area contributed by atoms with Gasteiger partial charge in [0, 0.05) is 18.2 Å². The van der Waals surface area contributed by atoms with Crippen LogP contribution in [0, 0.1) is 11.6 Å². The van der Waals surface area contributed by atoms with Gasteiger partial charge in [0.2, 0.25) is 10.0 Å². The van der Waals surface area contributed by atoms with Crippen molar-refractivity contribution >= 4 is 27.5 Å². The summed E-state index contributed by atoms with van der Waals surface area (Å²) < 4.78 is 55.9. The first kappa shape index (κ1) is 19.0. The van der Waals surface area contributed by atoms with Crippen molar-refractivity contribution in [3.05, 3.63) is 64.7 Å². The topological polar surface area (TPSA) is 80.8 Å². The molecule has 0 saturated heterocycles. The van der Waals surface area contributed by atoms with Gasteiger partial charge in [0.25, 0.3) is 0 Å². The molecular formula is C18H15F2NO5S. The van der Waals surface area contributed by atoms with Crippen molar-refractivity contribution in [2.45, 2.75) is 6.42 Å². The molecule has 0 atom stereocenters. The summed E-state index contributed by atoms with van der Waals surface area (Å²) in [5.74, 6) is -3.51. The maximum absolute atomic E-state index is 13.6. The standard InChI is InChI=1S/C18H15F2NO5S/c1-27(24,25)21-7-6-11-8-12(2-5-16(11)21)17(22)10-26-18(23)14-4-3-13(19)9-15(14)20/h2-5,8-9H,6-7,10H2,1H3. The Morgan fingerprint density at radius 2 is 1.89 bits per heavy atom. The number of benzene rings is 2. The Labute approximate surface area is 154 Å². The van der Waals surface area contributed by atoms with Gasteiger partial charge in [-0.15, -0.1) is 0 Å². The van der Waals surface area contributed by atoms with Crippen LogP contribution < -0.4 is 4.31 Å². The molecule has 2 aromatic rings. The highest BCUT2D eigenvalue weighted by molar-refractivity contribution is 7.92. The van der Waals surface area contributed by atoms with Crippen LogP contribution in [0.2, 0.25) is 0 Å². The lowest BCUT2D eigenvalue weighted by molar-refractivity contribution is 0.0470. The van der Waals surface area contributed by atoms with Crippen molar-refractivity contribution < 1.29 is 31.5 Å². The SMILES string of the molecule is CS(=O)(=O)N1CCc2cc(C(=O)COC(=O)c3ccc(F)cc3F)ccc21. The first-order valence-electron chi connectivity index (χ1n) is 7.93. The number of anilines is 1. The number of ketones is 1. The van der Waals surface area contributed by atoms with Crippen LogP contribution in [0.1, 0.15) is 26.3 Å². The number of fused-ring (bicyclic) bond motifs is 1. The normalized spacial score (nSPS) is 13.4. The van der Waals surface area contributed by atoms with E-state index in [1.165, 1.54) is 16.4 Å². The second kappa shape index (κ2) is 7.07. The highest BCUT2D eigenvalue weighted by Crippen LogP contribution is 2.30. The molecule has 9 heteroatoms. The lowest BCUT2D eigenvalue weighted by Crippen LogP contribution is -2.27. The molecule has 0 saturated carbocycles. The molecule has 0 N–H and O–H groups in total. The van der Waals surface area contributed by atoms with Crippen LogP contribution in [-0.4, -0.2) is 39.6 Å². The number of hydrogen-bond donors (Lipinski definition) is 0. The number of Topliss-reactive ketones (excluding diaryl/α,β-unsaturated/α-hetero) is 1. The molecule has 0 fully saturated rings. The number of halogens is 2. The van der Waals surface area contributed by atoms with E-state index in [1.807, 2.05) is 0 Å². The van der Waals surface area contributed by atoms with Crippen LogP contribution in [-0.2, 0) is 21.2 Å². The Hall–Kier alpha value is -2.81. The van der Waals surface area contributed by atoms with E-state index >= 15 is 0 Å². The maximum Gasteiger partial charge on any atom is 0.341 e. The summed E-state index contributed by atoms with van der Waals surface area (Å²) >= 11 is 0. The molecule has 0 radical (unpaired) electrons. The fourth-order valence-electron chi connectivity index (χ4n) is 2.84. The maximum atomic E-state index is 13.6. The molecule has 6 nitrogen and oxygen atoms in total. The van der Waals surface area contributed by atoms with Gasteiger partial charge < -0.3 is 4.74 Å². The second-order valence-corrected chi connectivity index (χ2v) is 7.96. The number of sulfonamides is 1. The number of nitrogens with zero attached hydrogens (tertiary/aromatic N) is 1. The fourth-order valence-corrected chi connectivity index (χ4v) is 3.79. The number of rotatable bonds is 5. The Balaban J connectivity index is 1.70. The first-order chi connectivity index (χ1) is 12.7. The third kappa shape index (κ3) is 3.97. The number of ether oxygens (including phenoxy) is 1. The molecule has 0 aliphatic carbocycles. The number of carbonyl (C=O) groups is 2. The van der Waals surface area contributed by atoms with Gasteiger partial charge >= 0.3 is 5.97 Å². The van der Waals surface area contributed by atoms with Crippen molar-refractivity contribution in [2.24, 2.45) is 0 Å². The van der Waals surface area contributed by atoms with Gasteiger partial charge in [-0.05, 0) is 42.3 Å². The van der Waals surface area contributed by atoms with Gasteiger partial charge in [-0.25, -0.2) is 22.0 Å². The van der Waals surface area contributed by atoms with Crippen LogP contribution in [0.3, 0.4) is 0 Å². The molecule has 3 rings (SSSR count). The lowest BCUT2D eigenvalue weighted by Gasteiger charge is -2.16. The quantitative estimate of drug-likeness (QED) is 0.573.